The maximum absolute atomic E-state index is 12.4. The van der Waals surface area contributed by atoms with Crippen molar-refractivity contribution in [3.05, 3.63) is 59.0 Å². The van der Waals surface area contributed by atoms with E-state index in [4.69, 9.17) is 4.98 Å². The maximum atomic E-state index is 12.4. The van der Waals surface area contributed by atoms with Gasteiger partial charge in [0.2, 0.25) is 0 Å². The molecule has 140 valence electrons. The molecule has 0 spiro atoms. The summed E-state index contributed by atoms with van der Waals surface area (Å²) in [5, 5.41) is 8.57. The Hall–Kier alpha value is -2.92. The molecular formula is C23H21N3OS. The second-order valence-corrected chi connectivity index (χ2v) is 8.52. The Bertz CT molecular complexity index is 1230. The molecule has 4 nitrogen and oxygen atoms in total. The van der Waals surface area contributed by atoms with Crippen molar-refractivity contribution in [3.8, 4) is 11.3 Å². The Morgan fingerprint density at radius 2 is 1.89 bits per heavy atom. The van der Waals surface area contributed by atoms with E-state index in [1.165, 1.54) is 16.9 Å². The molecule has 0 radical (unpaired) electrons. The summed E-state index contributed by atoms with van der Waals surface area (Å²) in [6.45, 7) is 5.78. The monoisotopic (exact) mass is 387 g/mol. The van der Waals surface area contributed by atoms with Gasteiger partial charge >= 0.3 is 0 Å². The summed E-state index contributed by atoms with van der Waals surface area (Å²) in [6.07, 6.45) is 0. The minimum absolute atomic E-state index is 0.00410. The van der Waals surface area contributed by atoms with Gasteiger partial charge in [-0.1, -0.05) is 32.0 Å². The topological polar surface area (TPSA) is 54.0 Å². The van der Waals surface area contributed by atoms with E-state index in [0.717, 1.165) is 49.4 Å². The average Bonchev–Trinajstić information content (AvgIpc) is 3.00. The molecule has 5 heteroatoms. The van der Waals surface area contributed by atoms with Crippen molar-refractivity contribution in [2.24, 2.45) is 0 Å². The number of benzene rings is 2. The third-order valence-electron chi connectivity index (χ3n) is 5.29. The molecule has 2 aromatic carbocycles. The average molecular weight is 388 g/mol. The van der Waals surface area contributed by atoms with Gasteiger partial charge in [0.25, 0.3) is 5.91 Å². The summed E-state index contributed by atoms with van der Waals surface area (Å²) in [5.41, 5.74) is 5.31. The van der Waals surface area contributed by atoms with Crippen molar-refractivity contribution >= 4 is 43.9 Å². The normalized spacial score (nSPS) is 14.0. The number of nitrogens with one attached hydrogen (secondary N) is 2. The summed E-state index contributed by atoms with van der Waals surface area (Å²) in [5.74, 6) is 0.489. The molecule has 0 saturated carbocycles. The van der Waals surface area contributed by atoms with Crippen LogP contribution in [0, 0.1) is 0 Å². The predicted octanol–water partition coefficient (Wildman–Crippen LogP) is 5.40. The van der Waals surface area contributed by atoms with Gasteiger partial charge in [-0.2, -0.15) is 0 Å². The Balaban J connectivity index is 1.69. The molecule has 2 N–H and O–H groups in total. The smallest absolute Gasteiger partial charge is 0.263 e. The molecule has 4 aromatic rings. The maximum Gasteiger partial charge on any atom is 0.263 e. The number of aromatic nitrogens is 1. The van der Waals surface area contributed by atoms with Crippen LogP contribution in [0.25, 0.3) is 32.2 Å². The Kier molecular flexibility index (Phi) is 4.05. The first-order valence-corrected chi connectivity index (χ1v) is 10.4. The van der Waals surface area contributed by atoms with Crippen molar-refractivity contribution in [2.45, 2.75) is 19.8 Å². The van der Waals surface area contributed by atoms with Crippen LogP contribution in [-0.4, -0.2) is 24.0 Å². The van der Waals surface area contributed by atoms with Gasteiger partial charge in [0, 0.05) is 34.1 Å². The first-order valence-electron chi connectivity index (χ1n) is 9.60. The minimum Gasteiger partial charge on any atom is -0.381 e. The molecule has 0 atom stereocenters. The number of carbonyl (C=O) groups is 1. The summed E-state index contributed by atoms with van der Waals surface area (Å²) in [7, 11) is 0. The molecule has 2 aromatic heterocycles. The summed E-state index contributed by atoms with van der Waals surface area (Å²) in [6, 6.07) is 17.0. The standard InChI is InChI=1S/C23H21N3OS/c1-13(2)14-4-3-5-15(12-14)17-7-6-16-18(26-17)8-9-19-20(16)21-22(28-19)23(27)25-11-10-24-21/h3-9,12-13,24H,10-11H2,1-2H3,(H,25,27). The molecule has 0 bridgehead atoms. The minimum atomic E-state index is 0.00410. The van der Waals surface area contributed by atoms with Gasteiger partial charge in [0.05, 0.1) is 16.9 Å². The van der Waals surface area contributed by atoms with Crippen molar-refractivity contribution in [1.82, 2.24) is 10.3 Å². The van der Waals surface area contributed by atoms with Crippen LogP contribution >= 0.6 is 11.3 Å². The van der Waals surface area contributed by atoms with E-state index in [1.54, 1.807) is 0 Å². The fraction of sp³-hybridized carbons (Fsp3) is 0.217. The van der Waals surface area contributed by atoms with Gasteiger partial charge in [-0.15, -0.1) is 11.3 Å². The molecule has 0 saturated heterocycles. The van der Waals surface area contributed by atoms with Crippen molar-refractivity contribution in [1.29, 1.82) is 0 Å². The Morgan fingerprint density at radius 3 is 2.75 bits per heavy atom. The number of rotatable bonds is 2. The SMILES string of the molecule is CC(C)c1cccc(-c2ccc3c(ccc4sc5c(c43)NCCNC5=O)n2)c1. The molecule has 1 aliphatic heterocycles. The van der Waals surface area contributed by atoms with Crippen LogP contribution in [0.3, 0.4) is 0 Å². The van der Waals surface area contributed by atoms with Crippen LogP contribution in [0.15, 0.2) is 48.5 Å². The Labute approximate surface area is 167 Å². The lowest BCUT2D eigenvalue weighted by Gasteiger charge is -2.09. The van der Waals surface area contributed by atoms with Crippen LogP contribution in [0.2, 0.25) is 0 Å². The van der Waals surface area contributed by atoms with Crippen LogP contribution in [0.1, 0.15) is 35.0 Å². The highest BCUT2D eigenvalue weighted by Crippen LogP contribution is 2.41. The highest BCUT2D eigenvalue weighted by Gasteiger charge is 2.22. The van der Waals surface area contributed by atoms with Crippen molar-refractivity contribution in [2.75, 3.05) is 18.4 Å². The van der Waals surface area contributed by atoms with Crippen LogP contribution in [0.4, 0.5) is 5.69 Å². The molecule has 0 fully saturated rings. The van der Waals surface area contributed by atoms with E-state index >= 15 is 0 Å². The quantitative estimate of drug-likeness (QED) is 0.484. The predicted molar refractivity (Wildman–Crippen MR) is 117 cm³/mol. The van der Waals surface area contributed by atoms with Gasteiger partial charge in [0.15, 0.2) is 0 Å². The highest BCUT2D eigenvalue weighted by molar-refractivity contribution is 7.21. The van der Waals surface area contributed by atoms with E-state index in [-0.39, 0.29) is 5.91 Å². The lowest BCUT2D eigenvalue weighted by Crippen LogP contribution is -2.24. The van der Waals surface area contributed by atoms with Gasteiger partial charge in [-0.05, 0) is 41.8 Å². The molecule has 0 aliphatic carbocycles. The van der Waals surface area contributed by atoms with Crippen LogP contribution in [0.5, 0.6) is 0 Å². The van der Waals surface area contributed by atoms with E-state index in [2.05, 4.69) is 73.0 Å². The largest absolute Gasteiger partial charge is 0.381 e. The lowest BCUT2D eigenvalue weighted by molar-refractivity contribution is 0.0962. The molecule has 0 unspecified atom stereocenters. The molecule has 1 aliphatic rings. The molecule has 5 rings (SSSR count). The Morgan fingerprint density at radius 1 is 1.04 bits per heavy atom. The first kappa shape index (κ1) is 17.2. The molecule has 28 heavy (non-hydrogen) atoms. The van der Waals surface area contributed by atoms with Gasteiger partial charge in [0.1, 0.15) is 4.88 Å². The van der Waals surface area contributed by atoms with Crippen molar-refractivity contribution < 1.29 is 4.79 Å². The number of amides is 1. The molecule has 3 heterocycles. The zero-order chi connectivity index (χ0) is 19.3. The van der Waals surface area contributed by atoms with Gasteiger partial charge in [-0.25, -0.2) is 4.98 Å². The fourth-order valence-electron chi connectivity index (χ4n) is 3.79. The molecular weight excluding hydrogens is 366 g/mol. The first-order chi connectivity index (χ1) is 13.6. The number of carbonyl (C=O) groups excluding carboxylic acids is 1. The van der Waals surface area contributed by atoms with Crippen molar-refractivity contribution in [3.63, 3.8) is 0 Å². The van der Waals surface area contributed by atoms with E-state index < -0.39 is 0 Å². The number of hydrogen-bond acceptors (Lipinski definition) is 4. The fourth-order valence-corrected chi connectivity index (χ4v) is 4.90. The lowest BCUT2D eigenvalue weighted by atomic mass is 9.99. The number of pyridine rings is 1. The zero-order valence-electron chi connectivity index (χ0n) is 15.9. The number of anilines is 1. The summed E-state index contributed by atoms with van der Waals surface area (Å²) in [4.78, 5) is 18.1. The molecule has 1 amide bonds. The highest BCUT2D eigenvalue weighted by atomic mass is 32.1. The van der Waals surface area contributed by atoms with E-state index in [1.807, 2.05) is 0 Å². The number of fused-ring (bicyclic) bond motifs is 5. The number of hydrogen-bond donors (Lipinski definition) is 2. The van der Waals surface area contributed by atoms with Gasteiger partial charge < -0.3 is 10.6 Å². The third kappa shape index (κ3) is 2.74. The van der Waals surface area contributed by atoms with E-state index in [0.29, 0.717) is 12.5 Å². The van der Waals surface area contributed by atoms with Gasteiger partial charge in [-0.3, -0.25) is 4.79 Å². The summed E-state index contributed by atoms with van der Waals surface area (Å²) >= 11 is 1.54. The van der Waals surface area contributed by atoms with Crippen LogP contribution in [-0.2, 0) is 0 Å². The zero-order valence-corrected chi connectivity index (χ0v) is 16.7. The summed E-state index contributed by atoms with van der Waals surface area (Å²) < 4.78 is 1.11. The second kappa shape index (κ2) is 6.60. The second-order valence-electron chi connectivity index (χ2n) is 7.47. The number of thiophene rings is 1. The third-order valence-corrected chi connectivity index (χ3v) is 6.44. The van der Waals surface area contributed by atoms with E-state index in [9.17, 15) is 4.79 Å². The number of nitrogens with zero attached hydrogens (tertiary/aromatic N) is 1. The van der Waals surface area contributed by atoms with Crippen LogP contribution < -0.4 is 10.6 Å².